The lowest BCUT2D eigenvalue weighted by molar-refractivity contribution is -0.134. The highest BCUT2D eigenvalue weighted by atomic mass is 16.2. The summed E-state index contributed by atoms with van der Waals surface area (Å²) in [6.45, 7) is 3.85. The van der Waals surface area contributed by atoms with Gasteiger partial charge in [0.1, 0.15) is 5.82 Å². The van der Waals surface area contributed by atoms with Crippen LogP contribution >= 0.6 is 0 Å². The molecule has 0 bridgehead atoms. The molecule has 174 valence electrons. The SMILES string of the molecule is CCC(C(=O)N1CCC(c2nc3c(nnn3Cc3ccccc3)c(=O)[nH]2)CC1)c1ccccc1. The van der Waals surface area contributed by atoms with Gasteiger partial charge in [-0.05, 0) is 30.4 Å². The van der Waals surface area contributed by atoms with E-state index in [4.69, 9.17) is 4.98 Å². The van der Waals surface area contributed by atoms with Gasteiger partial charge in [0.05, 0.1) is 12.5 Å². The van der Waals surface area contributed by atoms with Crippen LogP contribution < -0.4 is 5.56 Å². The molecule has 1 aliphatic rings. The number of hydrogen-bond donors (Lipinski definition) is 1. The van der Waals surface area contributed by atoms with E-state index in [1.54, 1.807) is 4.68 Å². The number of nitrogens with zero attached hydrogens (tertiary/aromatic N) is 5. The maximum absolute atomic E-state index is 13.2. The minimum Gasteiger partial charge on any atom is -0.342 e. The number of likely N-dealkylation sites (tertiary alicyclic amines) is 1. The molecule has 3 heterocycles. The van der Waals surface area contributed by atoms with Crippen molar-refractivity contribution in [3.05, 3.63) is 88.0 Å². The Labute approximate surface area is 197 Å². The molecule has 1 amide bonds. The third-order valence-corrected chi connectivity index (χ3v) is 6.67. The third kappa shape index (κ3) is 4.35. The molecule has 1 unspecified atom stereocenters. The van der Waals surface area contributed by atoms with Gasteiger partial charge in [-0.15, -0.1) is 5.10 Å². The highest BCUT2D eigenvalue weighted by molar-refractivity contribution is 5.83. The first-order valence-electron chi connectivity index (χ1n) is 11.8. The van der Waals surface area contributed by atoms with Crippen LogP contribution in [0.15, 0.2) is 65.5 Å². The number of carbonyl (C=O) groups excluding carboxylic acids is 1. The van der Waals surface area contributed by atoms with Crippen molar-refractivity contribution in [3.63, 3.8) is 0 Å². The van der Waals surface area contributed by atoms with Crippen LogP contribution in [0.5, 0.6) is 0 Å². The molecule has 2 aromatic heterocycles. The van der Waals surface area contributed by atoms with E-state index in [2.05, 4.69) is 22.2 Å². The van der Waals surface area contributed by atoms with Crippen LogP contribution in [-0.2, 0) is 11.3 Å². The number of H-pyrrole nitrogens is 1. The monoisotopic (exact) mass is 456 g/mol. The summed E-state index contributed by atoms with van der Waals surface area (Å²) < 4.78 is 1.67. The number of rotatable bonds is 6. The molecule has 0 spiro atoms. The minimum atomic E-state index is -0.270. The van der Waals surface area contributed by atoms with Crippen LogP contribution in [0.4, 0.5) is 0 Å². The predicted octanol–water partition coefficient (Wildman–Crippen LogP) is 3.46. The normalized spacial score (nSPS) is 15.5. The highest BCUT2D eigenvalue weighted by Crippen LogP contribution is 2.29. The molecule has 1 N–H and O–H groups in total. The van der Waals surface area contributed by atoms with Gasteiger partial charge < -0.3 is 9.88 Å². The molecule has 4 aromatic rings. The second-order valence-electron chi connectivity index (χ2n) is 8.83. The lowest BCUT2D eigenvalue weighted by atomic mass is 9.91. The summed E-state index contributed by atoms with van der Waals surface area (Å²) in [6.07, 6.45) is 2.28. The smallest absolute Gasteiger partial charge is 0.281 e. The Bertz CT molecular complexity index is 1320. The van der Waals surface area contributed by atoms with Gasteiger partial charge in [0.15, 0.2) is 11.2 Å². The first-order valence-corrected chi connectivity index (χ1v) is 11.8. The van der Waals surface area contributed by atoms with E-state index in [9.17, 15) is 9.59 Å². The summed E-state index contributed by atoms with van der Waals surface area (Å²) in [4.78, 5) is 35.5. The molecule has 1 saturated heterocycles. The van der Waals surface area contributed by atoms with E-state index in [0.29, 0.717) is 31.1 Å². The van der Waals surface area contributed by atoms with Crippen LogP contribution in [0, 0.1) is 0 Å². The average Bonchev–Trinajstić information content (AvgIpc) is 3.29. The fourth-order valence-electron chi connectivity index (χ4n) is 4.77. The molecule has 8 nitrogen and oxygen atoms in total. The standard InChI is InChI=1S/C26H28N6O2/c1-2-21(19-11-7-4-8-12-19)26(34)31-15-13-20(14-16-31)23-27-24-22(25(33)28-23)29-30-32(24)17-18-9-5-3-6-10-18/h3-12,20-21H,2,13-17H2,1H3,(H,27,28,33). The molecular weight excluding hydrogens is 428 g/mol. The van der Waals surface area contributed by atoms with Crippen molar-refractivity contribution < 1.29 is 4.79 Å². The molecule has 0 aliphatic carbocycles. The number of carbonyl (C=O) groups is 1. The fourth-order valence-corrected chi connectivity index (χ4v) is 4.77. The molecule has 1 atom stereocenters. The van der Waals surface area contributed by atoms with Gasteiger partial charge in [-0.1, -0.05) is 72.8 Å². The number of aromatic amines is 1. The van der Waals surface area contributed by atoms with Crippen LogP contribution in [0.1, 0.15) is 55.0 Å². The van der Waals surface area contributed by atoms with Crippen LogP contribution in [-0.4, -0.2) is 48.9 Å². The van der Waals surface area contributed by atoms with Crippen LogP contribution in [0.2, 0.25) is 0 Å². The quantitative estimate of drug-likeness (QED) is 0.479. The summed E-state index contributed by atoms with van der Waals surface area (Å²) >= 11 is 0. The van der Waals surface area contributed by atoms with Crippen molar-refractivity contribution in [1.82, 2.24) is 29.9 Å². The van der Waals surface area contributed by atoms with Crippen molar-refractivity contribution in [2.75, 3.05) is 13.1 Å². The van der Waals surface area contributed by atoms with Gasteiger partial charge >= 0.3 is 0 Å². The number of nitrogens with one attached hydrogen (secondary N) is 1. The lowest BCUT2D eigenvalue weighted by Crippen LogP contribution is -2.41. The van der Waals surface area contributed by atoms with Gasteiger partial charge in [-0.3, -0.25) is 9.59 Å². The van der Waals surface area contributed by atoms with Gasteiger partial charge in [-0.2, -0.15) is 0 Å². The number of benzene rings is 2. The Hall–Kier alpha value is -3.81. The zero-order valence-electron chi connectivity index (χ0n) is 19.2. The number of piperidine rings is 1. The first-order chi connectivity index (χ1) is 16.6. The summed E-state index contributed by atoms with van der Waals surface area (Å²) in [7, 11) is 0. The van der Waals surface area contributed by atoms with Crippen LogP contribution in [0.3, 0.4) is 0 Å². The molecular formula is C26H28N6O2. The largest absolute Gasteiger partial charge is 0.342 e. The van der Waals surface area contributed by atoms with Gasteiger partial charge in [0, 0.05) is 19.0 Å². The van der Waals surface area contributed by atoms with Crippen molar-refractivity contribution in [3.8, 4) is 0 Å². The second-order valence-corrected chi connectivity index (χ2v) is 8.83. The Morgan fingerprint density at radius 2 is 1.74 bits per heavy atom. The second kappa shape index (κ2) is 9.59. The molecule has 0 radical (unpaired) electrons. The van der Waals surface area contributed by atoms with Gasteiger partial charge in [0.2, 0.25) is 5.91 Å². The highest BCUT2D eigenvalue weighted by Gasteiger charge is 2.30. The van der Waals surface area contributed by atoms with E-state index in [1.165, 1.54) is 0 Å². The molecule has 34 heavy (non-hydrogen) atoms. The fraction of sp³-hybridized carbons (Fsp3) is 0.346. The maximum atomic E-state index is 13.2. The Balaban J connectivity index is 1.32. The number of hydrogen-bond acceptors (Lipinski definition) is 5. The minimum absolute atomic E-state index is 0.0815. The summed E-state index contributed by atoms with van der Waals surface area (Å²) in [5.74, 6) is 0.786. The van der Waals surface area contributed by atoms with Crippen molar-refractivity contribution in [1.29, 1.82) is 0 Å². The molecule has 5 rings (SSSR count). The Kier molecular flexibility index (Phi) is 6.20. The zero-order chi connectivity index (χ0) is 23.5. The van der Waals surface area contributed by atoms with E-state index in [0.717, 1.165) is 30.4 Å². The Morgan fingerprint density at radius 1 is 1.06 bits per heavy atom. The van der Waals surface area contributed by atoms with Crippen molar-refractivity contribution in [2.24, 2.45) is 0 Å². The predicted molar refractivity (Wildman–Crippen MR) is 130 cm³/mol. The molecule has 1 fully saturated rings. The summed E-state index contributed by atoms with van der Waals surface area (Å²) in [5.41, 5.74) is 2.60. The van der Waals surface area contributed by atoms with Crippen molar-refractivity contribution in [2.45, 2.75) is 44.6 Å². The summed E-state index contributed by atoms with van der Waals surface area (Å²) in [6, 6.07) is 19.9. The maximum Gasteiger partial charge on any atom is 0.281 e. The first kappa shape index (κ1) is 22.0. The van der Waals surface area contributed by atoms with Gasteiger partial charge in [-0.25, -0.2) is 9.67 Å². The van der Waals surface area contributed by atoms with Gasteiger partial charge in [0.25, 0.3) is 5.56 Å². The number of fused-ring (bicyclic) bond motifs is 1. The topological polar surface area (TPSA) is 96.8 Å². The Morgan fingerprint density at radius 3 is 2.41 bits per heavy atom. The molecule has 8 heteroatoms. The zero-order valence-corrected chi connectivity index (χ0v) is 19.2. The average molecular weight is 457 g/mol. The molecule has 1 aliphatic heterocycles. The van der Waals surface area contributed by atoms with E-state index < -0.39 is 0 Å². The lowest BCUT2D eigenvalue weighted by Gasteiger charge is -2.33. The number of amides is 1. The molecule has 2 aromatic carbocycles. The van der Waals surface area contributed by atoms with E-state index in [-0.39, 0.29) is 28.8 Å². The van der Waals surface area contributed by atoms with Crippen molar-refractivity contribution >= 4 is 17.1 Å². The third-order valence-electron chi connectivity index (χ3n) is 6.67. The van der Waals surface area contributed by atoms with Crippen LogP contribution in [0.25, 0.3) is 11.2 Å². The van der Waals surface area contributed by atoms with E-state index >= 15 is 0 Å². The van der Waals surface area contributed by atoms with E-state index in [1.807, 2.05) is 65.6 Å². The number of aromatic nitrogens is 5. The molecule has 0 saturated carbocycles. The summed E-state index contributed by atoms with van der Waals surface area (Å²) in [5, 5.41) is 8.21.